The molecule has 3 aromatic rings. The molecule has 3 aromatic carbocycles. The van der Waals surface area contributed by atoms with Crippen LogP contribution in [0.2, 0.25) is 5.02 Å². The average molecular weight is 382 g/mol. The highest BCUT2D eigenvalue weighted by Crippen LogP contribution is 2.43. The minimum atomic E-state index is -0.330. The molecule has 138 valence electrons. The molecule has 0 saturated carbocycles. The second-order valence-electron chi connectivity index (χ2n) is 6.30. The van der Waals surface area contributed by atoms with Crippen LogP contribution in [0.3, 0.4) is 0 Å². The first-order valence-electron chi connectivity index (χ1n) is 8.68. The van der Waals surface area contributed by atoms with E-state index in [9.17, 15) is 0 Å². The fraction of sp³-hybridized carbons (Fsp3) is 0.182. The van der Waals surface area contributed by atoms with Gasteiger partial charge in [0, 0.05) is 21.8 Å². The molecule has 2 atom stereocenters. The van der Waals surface area contributed by atoms with Crippen molar-refractivity contribution in [3.05, 3.63) is 88.4 Å². The molecule has 0 amide bonds. The van der Waals surface area contributed by atoms with Gasteiger partial charge >= 0.3 is 0 Å². The fourth-order valence-electron chi connectivity index (χ4n) is 3.33. The van der Waals surface area contributed by atoms with Gasteiger partial charge in [0.1, 0.15) is 6.10 Å². The van der Waals surface area contributed by atoms with E-state index >= 15 is 0 Å². The molecule has 1 aliphatic rings. The summed E-state index contributed by atoms with van der Waals surface area (Å²) in [6, 6.07) is 21.7. The number of benzene rings is 3. The van der Waals surface area contributed by atoms with Gasteiger partial charge in [0.2, 0.25) is 0 Å². The van der Waals surface area contributed by atoms with E-state index in [4.69, 9.17) is 25.8 Å². The molecule has 0 aliphatic carbocycles. The van der Waals surface area contributed by atoms with E-state index in [0.717, 1.165) is 22.4 Å². The lowest BCUT2D eigenvalue weighted by atomic mass is 9.97. The third-order valence-corrected chi connectivity index (χ3v) is 4.90. The van der Waals surface area contributed by atoms with Crippen LogP contribution in [-0.4, -0.2) is 14.2 Å². The normalized spacial score (nSPS) is 18.3. The Balaban J connectivity index is 1.76. The van der Waals surface area contributed by atoms with Gasteiger partial charge in [0.15, 0.2) is 17.7 Å². The number of rotatable bonds is 4. The fourth-order valence-corrected chi connectivity index (χ4v) is 3.51. The molecule has 5 heteroatoms. The van der Waals surface area contributed by atoms with E-state index in [1.807, 2.05) is 54.6 Å². The van der Waals surface area contributed by atoms with E-state index in [0.29, 0.717) is 16.5 Å². The summed E-state index contributed by atoms with van der Waals surface area (Å²) in [7, 11) is 3.25. The zero-order valence-corrected chi connectivity index (χ0v) is 15.9. The lowest BCUT2D eigenvalue weighted by molar-refractivity contribution is 0.0156. The maximum Gasteiger partial charge on any atom is 0.161 e. The molecule has 0 unspecified atom stereocenters. The third kappa shape index (κ3) is 3.46. The first kappa shape index (κ1) is 17.7. The van der Waals surface area contributed by atoms with Gasteiger partial charge in [0.25, 0.3) is 0 Å². The van der Waals surface area contributed by atoms with Gasteiger partial charge in [-0.2, -0.15) is 0 Å². The summed E-state index contributed by atoms with van der Waals surface area (Å²) in [6.07, 6.45) is -0.553. The summed E-state index contributed by atoms with van der Waals surface area (Å²) < 4.78 is 17.2. The smallest absolute Gasteiger partial charge is 0.161 e. The van der Waals surface area contributed by atoms with E-state index < -0.39 is 0 Å². The largest absolute Gasteiger partial charge is 0.493 e. The van der Waals surface area contributed by atoms with Crippen molar-refractivity contribution in [2.24, 2.45) is 0 Å². The molecule has 0 aromatic heterocycles. The molecular weight excluding hydrogens is 362 g/mol. The molecule has 4 nitrogen and oxygen atoms in total. The number of halogens is 1. The molecule has 1 aliphatic heterocycles. The Labute approximate surface area is 163 Å². The molecule has 0 spiro atoms. The second kappa shape index (κ2) is 7.51. The standard InChI is InChI=1S/C22H20ClNO3/c1-25-19-11-8-15(12-20(19)26-2)22-24-18-10-9-16(23)13-17(18)21(27-22)14-6-4-3-5-7-14/h3-13,21-22,24H,1-2H3/t21-,22-/m1/s1. The Morgan fingerprint density at radius 2 is 1.63 bits per heavy atom. The monoisotopic (exact) mass is 381 g/mol. The number of hydrogen-bond donors (Lipinski definition) is 1. The maximum absolute atomic E-state index is 6.45. The van der Waals surface area contributed by atoms with Gasteiger partial charge < -0.3 is 19.5 Å². The van der Waals surface area contributed by atoms with Crippen LogP contribution in [0.25, 0.3) is 0 Å². The molecular formula is C22H20ClNO3. The van der Waals surface area contributed by atoms with E-state index in [1.54, 1.807) is 14.2 Å². The summed E-state index contributed by atoms with van der Waals surface area (Å²) in [5.41, 5.74) is 4.05. The summed E-state index contributed by atoms with van der Waals surface area (Å²) in [5, 5.41) is 4.14. The number of hydrogen-bond acceptors (Lipinski definition) is 4. The predicted molar refractivity (Wildman–Crippen MR) is 107 cm³/mol. The van der Waals surface area contributed by atoms with Crippen LogP contribution in [0.5, 0.6) is 11.5 Å². The van der Waals surface area contributed by atoms with Crippen LogP contribution < -0.4 is 14.8 Å². The summed E-state index contributed by atoms with van der Waals surface area (Å²) >= 11 is 6.24. The Morgan fingerprint density at radius 1 is 0.852 bits per heavy atom. The Morgan fingerprint density at radius 3 is 2.37 bits per heavy atom. The van der Waals surface area contributed by atoms with Gasteiger partial charge in [-0.15, -0.1) is 0 Å². The lowest BCUT2D eigenvalue weighted by Gasteiger charge is -2.34. The first-order valence-corrected chi connectivity index (χ1v) is 9.05. The van der Waals surface area contributed by atoms with Crippen LogP contribution in [0.1, 0.15) is 29.0 Å². The quantitative estimate of drug-likeness (QED) is 0.639. The topological polar surface area (TPSA) is 39.7 Å². The number of ether oxygens (including phenoxy) is 3. The molecule has 0 saturated heterocycles. The summed E-state index contributed by atoms with van der Waals surface area (Å²) in [4.78, 5) is 0. The van der Waals surface area contributed by atoms with Gasteiger partial charge in [0.05, 0.1) is 14.2 Å². The molecule has 0 bridgehead atoms. The first-order chi connectivity index (χ1) is 13.2. The van der Waals surface area contributed by atoms with Crippen LogP contribution >= 0.6 is 11.6 Å². The third-order valence-electron chi connectivity index (χ3n) is 4.67. The van der Waals surface area contributed by atoms with Crippen molar-refractivity contribution < 1.29 is 14.2 Å². The molecule has 0 fully saturated rings. The van der Waals surface area contributed by atoms with Gasteiger partial charge in [-0.1, -0.05) is 48.0 Å². The van der Waals surface area contributed by atoms with Crippen LogP contribution in [0.4, 0.5) is 5.69 Å². The van der Waals surface area contributed by atoms with Crippen molar-refractivity contribution in [3.63, 3.8) is 0 Å². The van der Waals surface area contributed by atoms with Gasteiger partial charge in [-0.3, -0.25) is 0 Å². The molecule has 4 rings (SSSR count). The van der Waals surface area contributed by atoms with Crippen LogP contribution in [0.15, 0.2) is 66.7 Å². The Hall–Kier alpha value is -2.69. The molecule has 27 heavy (non-hydrogen) atoms. The highest BCUT2D eigenvalue weighted by atomic mass is 35.5. The highest BCUT2D eigenvalue weighted by molar-refractivity contribution is 6.30. The number of nitrogens with one attached hydrogen (secondary N) is 1. The number of anilines is 1. The van der Waals surface area contributed by atoms with Crippen molar-refractivity contribution in [1.82, 2.24) is 0 Å². The van der Waals surface area contributed by atoms with Crippen LogP contribution in [-0.2, 0) is 4.74 Å². The number of methoxy groups -OCH3 is 2. The van der Waals surface area contributed by atoms with Crippen molar-refractivity contribution in [1.29, 1.82) is 0 Å². The van der Waals surface area contributed by atoms with Crippen molar-refractivity contribution in [3.8, 4) is 11.5 Å². The Bertz CT molecular complexity index is 946. The van der Waals surface area contributed by atoms with E-state index in [2.05, 4.69) is 17.4 Å². The van der Waals surface area contributed by atoms with E-state index in [1.165, 1.54) is 0 Å². The maximum atomic E-state index is 6.45. The van der Waals surface area contributed by atoms with Crippen molar-refractivity contribution in [2.75, 3.05) is 19.5 Å². The summed E-state index contributed by atoms with van der Waals surface area (Å²) in [5.74, 6) is 1.35. The zero-order valence-electron chi connectivity index (χ0n) is 15.1. The molecule has 1 N–H and O–H groups in total. The summed E-state index contributed by atoms with van der Waals surface area (Å²) in [6.45, 7) is 0. The SMILES string of the molecule is COc1ccc([C@@H]2Nc3ccc(Cl)cc3[C@@H](c3ccccc3)O2)cc1OC. The second-order valence-corrected chi connectivity index (χ2v) is 6.73. The average Bonchev–Trinajstić information content (AvgIpc) is 2.73. The van der Waals surface area contributed by atoms with Crippen molar-refractivity contribution in [2.45, 2.75) is 12.3 Å². The van der Waals surface area contributed by atoms with Crippen molar-refractivity contribution >= 4 is 17.3 Å². The van der Waals surface area contributed by atoms with E-state index in [-0.39, 0.29) is 12.3 Å². The van der Waals surface area contributed by atoms with Gasteiger partial charge in [-0.25, -0.2) is 0 Å². The predicted octanol–water partition coefficient (Wildman–Crippen LogP) is 5.59. The van der Waals surface area contributed by atoms with Gasteiger partial charge in [-0.05, 0) is 35.9 Å². The lowest BCUT2D eigenvalue weighted by Crippen LogP contribution is -2.25. The molecule has 0 radical (unpaired) electrons. The zero-order chi connectivity index (χ0) is 18.8. The minimum Gasteiger partial charge on any atom is -0.493 e. The number of fused-ring (bicyclic) bond motifs is 1. The minimum absolute atomic E-state index is 0.223. The highest BCUT2D eigenvalue weighted by Gasteiger charge is 2.30. The Kier molecular flexibility index (Phi) is 4.92. The molecule has 1 heterocycles. The van der Waals surface area contributed by atoms with Crippen LogP contribution in [0, 0.1) is 0 Å².